The number of allylic oxidation sites excluding steroid dienone is 18. The van der Waals surface area contributed by atoms with Crippen LogP contribution < -0.4 is 4.89 Å². The van der Waals surface area contributed by atoms with Crippen LogP contribution in [0.15, 0.2) is 109 Å². The van der Waals surface area contributed by atoms with E-state index in [1.54, 1.807) is 0 Å². The Kier molecular flexibility index (Phi) is 53.9. The van der Waals surface area contributed by atoms with Crippen LogP contribution in [0.5, 0.6) is 0 Å². The van der Waals surface area contributed by atoms with Crippen molar-refractivity contribution in [1.82, 2.24) is 0 Å². The maximum atomic E-state index is 12.7. The Balaban J connectivity index is 4.13. The lowest BCUT2D eigenvalue weighted by molar-refractivity contribution is -0.870. The highest BCUT2D eigenvalue weighted by Crippen LogP contribution is 2.38. The number of rotatable bonds is 55. The van der Waals surface area contributed by atoms with Gasteiger partial charge in [0.05, 0.1) is 27.7 Å². The third kappa shape index (κ3) is 59.9. The first-order valence-corrected chi connectivity index (χ1v) is 32.1. The van der Waals surface area contributed by atoms with Gasteiger partial charge in [0.2, 0.25) is 0 Å². The van der Waals surface area contributed by atoms with Crippen molar-refractivity contribution in [2.24, 2.45) is 0 Å². The predicted molar refractivity (Wildman–Crippen MR) is 323 cm³/mol. The molecule has 2 atom stereocenters. The molecule has 0 heterocycles. The largest absolute Gasteiger partial charge is 0.756 e. The molecule has 2 unspecified atom stereocenters. The Morgan fingerprint density at radius 2 is 0.776 bits per heavy atom. The minimum absolute atomic E-state index is 0.0489. The summed E-state index contributed by atoms with van der Waals surface area (Å²) in [6.45, 7) is 4.03. The number of ether oxygens (including phenoxy) is 2. The number of hydrogen-bond donors (Lipinski definition) is 0. The van der Waals surface area contributed by atoms with E-state index in [-0.39, 0.29) is 26.1 Å². The van der Waals surface area contributed by atoms with E-state index in [1.807, 2.05) is 33.3 Å². The van der Waals surface area contributed by atoms with E-state index >= 15 is 0 Å². The van der Waals surface area contributed by atoms with Crippen LogP contribution in [0.3, 0.4) is 0 Å². The molecule has 0 N–H and O–H groups in total. The van der Waals surface area contributed by atoms with E-state index in [4.69, 9.17) is 18.5 Å². The van der Waals surface area contributed by atoms with Gasteiger partial charge in [-0.25, -0.2) is 0 Å². The summed E-state index contributed by atoms with van der Waals surface area (Å²) in [4.78, 5) is 37.8. The Hall–Kier alpha value is -3.33. The lowest BCUT2D eigenvalue weighted by Gasteiger charge is -2.28. The number of esters is 2. The topological polar surface area (TPSA) is 111 Å². The van der Waals surface area contributed by atoms with Gasteiger partial charge in [0.15, 0.2) is 6.10 Å². The summed E-state index contributed by atoms with van der Waals surface area (Å²) in [5.74, 6) is -0.933. The number of likely N-dealkylation sites (N-methyl/N-ethyl adjacent to an activating group) is 1. The molecule has 0 rings (SSSR count). The van der Waals surface area contributed by atoms with Crippen LogP contribution in [0.25, 0.3) is 0 Å². The zero-order valence-corrected chi connectivity index (χ0v) is 50.3. The SMILES string of the molecule is CC/C=C\C/C=C\C/C=C\C/C=C\C/C=C\C/C=C\CCC(=O)OC(COC(=O)CCCCCCCCCCCCCCCCCCCC/C=C\C/C=C\C/C=C\CCCCCCC)COP(=O)([O-])OCC[N+](C)(C)C. The molecule has 436 valence electrons. The van der Waals surface area contributed by atoms with Crippen LogP contribution >= 0.6 is 7.82 Å². The molecule has 0 amide bonds. The number of phosphoric ester groups is 1. The molecular weight excluding hydrogens is 966 g/mol. The maximum absolute atomic E-state index is 12.7. The van der Waals surface area contributed by atoms with Gasteiger partial charge in [-0.15, -0.1) is 0 Å². The number of phosphoric acid groups is 1. The standard InChI is InChI=1S/C66H114NO8P/c1-6-8-10-12-14-16-18-20-22-24-26-27-28-29-30-31-32-33-34-35-36-37-38-39-41-42-44-46-48-50-52-54-56-58-65(68)72-62-64(63-74-76(70,71)73-61-60-67(3,4)5)75-66(69)59-57-55-53-51-49-47-45-43-40-25-23-21-19-17-15-13-11-9-7-2/h9,11,15,17-18,20-21,23-24,26,28-29,40,43,47,49,53,55,64H,6-8,10,12-14,16,19,22,25,27,30-39,41-42,44-46,48,50-52,54,56-63H2,1-5H3/b11-9-,17-15-,20-18-,23-21-,26-24-,29-28-,43-40-,49-47-,55-53-. The van der Waals surface area contributed by atoms with Gasteiger partial charge in [0.1, 0.15) is 19.8 Å². The van der Waals surface area contributed by atoms with E-state index in [0.29, 0.717) is 17.4 Å². The summed E-state index contributed by atoms with van der Waals surface area (Å²) in [5, 5.41) is 0. The minimum atomic E-state index is -4.66. The quantitative estimate of drug-likeness (QED) is 0.0195. The van der Waals surface area contributed by atoms with Crippen LogP contribution in [0, 0.1) is 0 Å². The second-order valence-electron chi connectivity index (χ2n) is 21.3. The molecule has 0 radical (unpaired) electrons. The highest BCUT2D eigenvalue weighted by molar-refractivity contribution is 7.45. The third-order valence-corrected chi connectivity index (χ3v) is 13.8. The molecule has 0 aromatic rings. The first kappa shape index (κ1) is 72.7. The summed E-state index contributed by atoms with van der Waals surface area (Å²) in [6.07, 6.45) is 78.9. The molecule has 0 aromatic heterocycles. The van der Waals surface area contributed by atoms with E-state index in [0.717, 1.165) is 70.6 Å². The van der Waals surface area contributed by atoms with Crippen LogP contribution in [0.1, 0.15) is 245 Å². The number of carbonyl (C=O) groups is 2. The van der Waals surface area contributed by atoms with Gasteiger partial charge in [0, 0.05) is 12.8 Å². The highest BCUT2D eigenvalue weighted by atomic mass is 31.2. The Morgan fingerprint density at radius 3 is 1.17 bits per heavy atom. The van der Waals surface area contributed by atoms with Gasteiger partial charge < -0.3 is 27.9 Å². The molecule has 9 nitrogen and oxygen atoms in total. The summed E-state index contributed by atoms with van der Waals surface area (Å²) in [7, 11) is 1.11. The zero-order chi connectivity index (χ0) is 55.6. The summed E-state index contributed by atoms with van der Waals surface area (Å²) < 4.78 is 34.0. The first-order valence-electron chi connectivity index (χ1n) is 30.6. The molecular formula is C66H114NO8P. The number of carbonyl (C=O) groups excluding carboxylic acids is 2. The van der Waals surface area contributed by atoms with Crippen molar-refractivity contribution in [3.63, 3.8) is 0 Å². The molecule has 76 heavy (non-hydrogen) atoms. The van der Waals surface area contributed by atoms with Crippen molar-refractivity contribution >= 4 is 19.8 Å². The van der Waals surface area contributed by atoms with Crippen molar-refractivity contribution in [3.05, 3.63) is 109 Å². The second-order valence-corrected chi connectivity index (χ2v) is 22.7. The fourth-order valence-corrected chi connectivity index (χ4v) is 8.83. The highest BCUT2D eigenvalue weighted by Gasteiger charge is 2.21. The molecule has 0 saturated carbocycles. The molecule has 0 aromatic carbocycles. The molecule has 0 aliphatic rings. The lowest BCUT2D eigenvalue weighted by Crippen LogP contribution is -2.37. The van der Waals surface area contributed by atoms with Crippen LogP contribution in [0.2, 0.25) is 0 Å². The molecule has 0 fully saturated rings. The number of hydrogen-bond acceptors (Lipinski definition) is 8. The molecule has 0 spiro atoms. The zero-order valence-electron chi connectivity index (χ0n) is 49.4. The van der Waals surface area contributed by atoms with Crippen molar-refractivity contribution in [2.45, 2.75) is 251 Å². The van der Waals surface area contributed by atoms with E-state index in [1.165, 1.54) is 141 Å². The number of nitrogens with zero attached hydrogens (tertiary/aromatic N) is 1. The predicted octanol–water partition coefficient (Wildman–Crippen LogP) is 18.7. The Morgan fingerprint density at radius 1 is 0.421 bits per heavy atom. The minimum Gasteiger partial charge on any atom is -0.756 e. The summed E-state index contributed by atoms with van der Waals surface area (Å²) in [6, 6.07) is 0. The molecule has 0 aliphatic carbocycles. The van der Waals surface area contributed by atoms with Gasteiger partial charge >= 0.3 is 11.9 Å². The first-order chi connectivity index (χ1) is 37.0. The maximum Gasteiger partial charge on any atom is 0.306 e. The molecule has 0 bridgehead atoms. The molecule has 10 heteroatoms. The fraction of sp³-hybridized carbons (Fsp3) is 0.697. The van der Waals surface area contributed by atoms with Gasteiger partial charge in [-0.2, -0.15) is 0 Å². The van der Waals surface area contributed by atoms with Gasteiger partial charge in [-0.1, -0.05) is 252 Å². The van der Waals surface area contributed by atoms with Crippen molar-refractivity contribution in [1.29, 1.82) is 0 Å². The summed E-state index contributed by atoms with van der Waals surface area (Å²) in [5.41, 5.74) is 0. The van der Waals surface area contributed by atoms with E-state index in [2.05, 4.69) is 111 Å². The monoisotopic (exact) mass is 1080 g/mol. The average Bonchev–Trinajstić information content (AvgIpc) is 3.38. The Labute approximate surface area is 467 Å². The third-order valence-electron chi connectivity index (χ3n) is 12.8. The van der Waals surface area contributed by atoms with Crippen molar-refractivity contribution < 1.29 is 42.1 Å². The number of quaternary nitrogens is 1. The van der Waals surface area contributed by atoms with E-state index < -0.39 is 32.5 Å². The van der Waals surface area contributed by atoms with E-state index in [9.17, 15) is 19.0 Å². The molecule has 0 saturated heterocycles. The van der Waals surface area contributed by atoms with Crippen molar-refractivity contribution in [3.8, 4) is 0 Å². The smallest absolute Gasteiger partial charge is 0.306 e. The second kappa shape index (κ2) is 56.4. The summed E-state index contributed by atoms with van der Waals surface area (Å²) >= 11 is 0. The molecule has 0 aliphatic heterocycles. The van der Waals surface area contributed by atoms with Crippen LogP contribution in [0.4, 0.5) is 0 Å². The van der Waals surface area contributed by atoms with Gasteiger partial charge in [-0.05, 0) is 89.9 Å². The van der Waals surface area contributed by atoms with Crippen molar-refractivity contribution in [2.75, 3.05) is 47.5 Å². The van der Waals surface area contributed by atoms with Gasteiger partial charge in [-0.3, -0.25) is 14.2 Å². The number of unbranched alkanes of at least 4 members (excludes halogenated alkanes) is 23. The van der Waals surface area contributed by atoms with Crippen LogP contribution in [-0.2, 0) is 32.7 Å². The van der Waals surface area contributed by atoms with Crippen LogP contribution in [-0.4, -0.2) is 70.0 Å². The fourth-order valence-electron chi connectivity index (χ4n) is 8.10. The average molecular weight is 1080 g/mol. The van der Waals surface area contributed by atoms with Gasteiger partial charge in [0.25, 0.3) is 7.82 Å². The normalized spacial score (nSPS) is 14.0. The lowest BCUT2D eigenvalue weighted by atomic mass is 10.0. The Bertz CT molecular complexity index is 1650.